The van der Waals surface area contributed by atoms with E-state index in [1.165, 1.54) is 167 Å². The summed E-state index contributed by atoms with van der Waals surface area (Å²) in [5, 5.41) is 33.0. The predicted octanol–water partition coefficient (Wildman–Crippen LogP) is 11.3. The highest BCUT2D eigenvalue weighted by molar-refractivity contribution is 5.76. The molecule has 0 aromatic heterocycles. The van der Waals surface area contributed by atoms with E-state index >= 15 is 0 Å². The highest BCUT2D eigenvalue weighted by Crippen LogP contribution is 2.16. The molecule has 0 saturated carbocycles. The summed E-state index contributed by atoms with van der Waals surface area (Å²) in [6, 6.07) is -0.737. The molecule has 0 heterocycles. The second-order valence-electron chi connectivity index (χ2n) is 14.3. The summed E-state index contributed by atoms with van der Waals surface area (Å²) in [5.41, 5.74) is 0. The van der Waals surface area contributed by atoms with Crippen molar-refractivity contribution in [3.05, 3.63) is 12.2 Å². The Morgan fingerprint density at radius 3 is 1.26 bits per heavy atom. The molecular formula is C41H81NO4. The van der Waals surface area contributed by atoms with Crippen molar-refractivity contribution in [2.24, 2.45) is 0 Å². The standard InChI is InChI=1S/C41H81NO4/c1-3-5-7-9-11-13-14-15-16-17-18-19-20-21-22-23-24-25-27-29-31-33-35-40(45)39(37-43)42-41(46)36-38(44)34-32-30-28-26-12-10-8-6-4-2/h33,35,38-40,43-45H,3-32,34,36-37H2,1-2H3,(H,42,46)/b35-33+. The number of hydrogen-bond donors (Lipinski definition) is 4. The molecule has 0 aliphatic rings. The third kappa shape index (κ3) is 33.0. The molecule has 5 nitrogen and oxygen atoms in total. The van der Waals surface area contributed by atoms with E-state index in [2.05, 4.69) is 19.2 Å². The summed E-state index contributed by atoms with van der Waals surface area (Å²) in [4.78, 5) is 12.3. The van der Waals surface area contributed by atoms with E-state index in [4.69, 9.17) is 0 Å². The van der Waals surface area contributed by atoms with E-state index in [0.717, 1.165) is 25.7 Å². The Hall–Kier alpha value is -0.910. The van der Waals surface area contributed by atoms with E-state index in [9.17, 15) is 20.1 Å². The van der Waals surface area contributed by atoms with Crippen molar-refractivity contribution >= 4 is 5.91 Å². The number of aliphatic hydroxyl groups is 3. The Morgan fingerprint density at radius 2 is 0.891 bits per heavy atom. The maximum absolute atomic E-state index is 12.3. The summed E-state index contributed by atoms with van der Waals surface area (Å²) < 4.78 is 0. The number of carbonyl (C=O) groups is 1. The smallest absolute Gasteiger partial charge is 0.222 e. The van der Waals surface area contributed by atoms with E-state index in [1.54, 1.807) is 6.08 Å². The molecule has 0 aromatic rings. The van der Waals surface area contributed by atoms with Gasteiger partial charge < -0.3 is 20.6 Å². The third-order valence-electron chi connectivity index (χ3n) is 9.57. The van der Waals surface area contributed by atoms with Gasteiger partial charge in [-0.15, -0.1) is 0 Å². The van der Waals surface area contributed by atoms with Crippen LogP contribution in [0, 0.1) is 0 Å². The number of aliphatic hydroxyl groups excluding tert-OH is 3. The SMILES string of the molecule is CCCCCCCCCCCCCCCCCCCCCC/C=C/C(O)C(CO)NC(=O)CC(O)CCCCCCCCCCC. The van der Waals surface area contributed by atoms with Gasteiger partial charge in [-0.2, -0.15) is 0 Å². The second kappa shape index (κ2) is 36.9. The minimum Gasteiger partial charge on any atom is -0.394 e. The second-order valence-corrected chi connectivity index (χ2v) is 14.3. The van der Waals surface area contributed by atoms with Gasteiger partial charge in [0.25, 0.3) is 0 Å². The van der Waals surface area contributed by atoms with Gasteiger partial charge in [-0.25, -0.2) is 0 Å². The number of hydrogen-bond acceptors (Lipinski definition) is 4. The molecule has 0 radical (unpaired) electrons. The maximum Gasteiger partial charge on any atom is 0.222 e. The number of nitrogens with one attached hydrogen (secondary N) is 1. The number of allylic oxidation sites excluding steroid dienone is 1. The molecule has 0 spiro atoms. The Labute approximate surface area is 287 Å². The molecule has 3 atom stereocenters. The third-order valence-corrected chi connectivity index (χ3v) is 9.57. The summed E-state index contributed by atoms with van der Waals surface area (Å²) in [6.07, 6.45) is 42.1. The minimum atomic E-state index is -0.923. The molecule has 4 N–H and O–H groups in total. The van der Waals surface area contributed by atoms with Crippen LogP contribution in [0.5, 0.6) is 0 Å². The van der Waals surface area contributed by atoms with Gasteiger partial charge in [-0.3, -0.25) is 4.79 Å². The summed E-state index contributed by atoms with van der Waals surface area (Å²) in [7, 11) is 0. The average Bonchev–Trinajstić information content (AvgIpc) is 3.05. The zero-order valence-electron chi connectivity index (χ0n) is 31.0. The molecule has 0 bridgehead atoms. The van der Waals surface area contributed by atoms with E-state index < -0.39 is 18.2 Å². The topological polar surface area (TPSA) is 89.8 Å². The van der Waals surface area contributed by atoms with Crippen LogP contribution in [-0.4, -0.2) is 46.1 Å². The van der Waals surface area contributed by atoms with E-state index in [-0.39, 0.29) is 18.9 Å². The van der Waals surface area contributed by atoms with Gasteiger partial charge in [0, 0.05) is 0 Å². The van der Waals surface area contributed by atoms with Crippen molar-refractivity contribution in [2.75, 3.05) is 6.61 Å². The minimum absolute atomic E-state index is 0.0172. The molecular weight excluding hydrogens is 570 g/mol. The summed E-state index contributed by atoms with van der Waals surface area (Å²) >= 11 is 0. The quantitative estimate of drug-likeness (QED) is 0.0397. The molecule has 0 fully saturated rings. The Kier molecular flexibility index (Phi) is 36.2. The van der Waals surface area contributed by atoms with Crippen LogP contribution in [0.1, 0.15) is 219 Å². The monoisotopic (exact) mass is 652 g/mol. The van der Waals surface area contributed by atoms with Gasteiger partial charge in [0.2, 0.25) is 5.91 Å². The largest absolute Gasteiger partial charge is 0.394 e. The Morgan fingerprint density at radius 1 is 0.543 bits per heavy atom. The first-order valence-electron chi connectivity index (χ1n) is 20.5. The first kappa shape index (κ1) is 45.1. The zero-order chi connectivity index (χ0) is 33.8. The van der Waals surface area contributed by atoms with Crippen molar-refractivity contribution in [2.45, 2.75) is 238 Å². The number of amides is 1. The molecule has 5 heteroatoms. The van der Waals surface area contributed by atoms with Crippen molar-refractivity contribution in [1.82, 2.24) is 5.32 Å². The van der Waals surface area contributed by atoms with Crippen LogP contribution in [0.25, 0.3) is 0 Å². The normalized spacial score (nSPS) is 13.8. The van der Waals surface area contributed by atoms with Crippen LogP contribution < -0.4 is 5.32 Å². The lowest BCUT2D eigenvalue weighted by molar-refractivity contribution is -0.124. The van der Waals surface area contributed by atoms with Gasteiger partial charge in [0.15, 0.2) is 0 Å². The summed E-state index contributed by atoms with van der Waals surface area (Å²) in [5.74, 6) is -0.316. The lowest BCUT2D eigenvalue weighted by Gasteiger charge is -2.21. The highest BCUT2D eigenvalue weighted by atomic mass is 16.3. The van der Waals surface area contributed by atoms with Gasteiger partial charge in [0.1, 0.15) is 0 Å². The number of unbranched alkanes of at least 4 members (excludes halogenated alkanes) is 28. The predicted molar refractivity (Wildman–Crippen MR) is 199 cm³/mol. The van der Waals surface area contributed by atoms with Gasteiger partial charge >= 0.3 is 0 Å². The fourth-order valence-corrected chi connectivity index (χ4v) is 6.40. The molecule has 0 rings (SSSR count). The van der Waals surface area contributed by atoms with Gasteiger partial charge in [0.05, 0.1) is 31.3 Å². The van der Waals surface area contributed by atoms with Crippen molar-refractivity contribution in [3.63, 3.8) is 0 Å². The molecule has 0 saturated heterocycles. The van der Waals surface area contributed by atoms with Gasteiger partial charge in [-0.1, -0.05) is 206 Å². The molecule has 1 amide bonds. The van der Waals surface area contributed by atoms with Crippen LogP contribution >= 0.6 is 0 Å². The molecule has 0 aliphatic heterocycles. The molecule has 3 unspecified atom stereocenters. The van der Waals surface area contributed by atoms with Crippen LogP contribution in [0.4, 0.5) is 0 Å². The van der Waals surface area contributed by atoms with E-state index in [0.29, 0.717) is 6.42 Å². The van der Waals surface area contributed by atoms with Crippen molar-refractivity contribution in [3.8, 4) is 0 Å². The fourth-order valence-electron chi connectivity index (χ4n) is 6.40. The lowest BCUT2D eigenvalue weighted by Crippen LogP contribution is -2.45. The molecule has 0 aliphatic carbocycles. The van der Waals surface area contributed by atoms with Crippen LogP contribution in [0.2, 0.25) is 0 Å². The van der Waals surface area contributed by atoms with Crippen LogP contribution in [0.15, 0.2) is 12.2 Å². The first-order chi connectivity index (χ1) is 22.5. The molecule has 274 valence electrons. The first-order valence-corrected chi connectivity index (χ1v) is 20.5. The van der Waals surface area contributed by atoms with Crippen molar-refractivity contribution in [1.29, 1.82) is 0 Å². The molecule has 46 heavy (non-hydrogen) atoms. The summed E-state index contributed by atoms with van der Waals surface area (Å²) in [6.45, 7) is 4.19. The lowest BCUT2D eigenvalue weighted by atomic mass is 10.0. The van der Waals surface area contributed by atoms with E-state index in [1.807, 2.05) is 6.08 Å². The van der Waals surface area contributed by atoms with Crippen LogP contribution in [0.3, 0.4) is 0 Å². The number of rotatable bonds is 37. The average molecular weight is 652 g/mol. The molecule has 0 aromatic carbocycles. The highest BCUT2D eigenvalue weighted by Gasteiger charge is 2.20. The maximum atomic E-state index is 12.3. The van der Waals surface area contributed by atoms with Crippen molar-refractivity contribution < 1.29 is 20.1 Å². The Balaban J connectivity index is 3.61. The van der Waals surface area contributed by atoms with Crippen LogP contribution in [-0.2, 0) is 4.79 Å². The number of carbonyl (C=O) groups excluding carboxylic acids is 1. The van der Waals surface area contributed by atoms with Gasteiger partial charge in [-0.05, 0) is 19.3 Å². The Bertz CT molecular complexity index is 640. The fraction of sp³-hybridized carbons (Fsp3) is 0.927. The zero-order valence-corrected chi connectivity index (χ0v) is 31.0.